The van der Waals surface area contributed by atoms with Crippen molar-refractivity contribution in [3.05, 3.63) is 48.0 Å². The summed E-state index contributed by atoms with van der Waals surface area (Å²) < 4.78 is 20.1. The highest BCUT2D eigenvalue weighted by Gasteiger charge is 2.30. The average molecular weight is 355 g/mol. The minimum atomic E-state index is -0.486. The molecule has 1 fully saturated rings. The molecule has 4 rings (SSSR count). The Morgan fingerprint density at radius 2 is 2.27 bits per heavy atom. The second kappa shape index (κ2) is 6.74. The highest BCUT2D eigenvalue weighted by atomic mass is 19.1. The number of carbonyl (C=O) groups excluding carboxylic acids is 2. The third-order valence-corrected chi connectivity index (χ3v) is 4.66. The molecule has 1 unspecified atom stereocenters. The molecular formula is C19H18FN3O3. The summed E-state index contributed by atoms with van der Waals surface area (Å²) >= 11 is 0. The third kappa shape index (κ3) is 3.24. The minimum absolute atomic E-state index is 0.111. The smallest absolute Gasteiger partial charge is 0.242 e. The lowest BCUT2D eigenvalue weighted by Crippen LogP contribution is -2.44. The summed E-state index contributed by atoms with van der Waals surface area (Å²) in [4.78, 5) is 27.3. The van der Waals surface area contributed by atoms with Gasteiger partial charge in [-0.15, -0.1) is 0 Å². The lowest BCUT2D eigenvalue weighted by atomic mass is 10.0. The van der Waals surface area contributed by atoms with Crippen LogP contribution in [0.5, 0.6) is 5.75 Å². The predicted octanol–water partition coefficient (Wildman–Crippen LogP) is 1.59. The second-order valence-electron chi connectivity index (χ2n) is 6.54. The van der Waals surface area contributed by atoms with Gasteiger partial charge in [0.05, 0.1) is 6.54 Å². The van der Waals surface area contributed by atoms with Gasteiger partial charge in [-0.1, -0.05) is 6.07 Å². The van der Waals surface area contributed by atoms with Crippen LogP contribution in [-0.4, -0.2) is 35.5 Å². The first-order valence-corrected chi connectivity index (χ1v) is 8.56. The van der Waals surface area contributed by atoms with Crippen LogP contribution in [0.1, 0.15) is 18.4 Å². The van der Waals surface area contributed by atoms with Crippen LogP contribution in [0.3, 0.4) is 0 Å². The zero-order valence-electron chi connectivity index (χ0n) is 14.0. The van der Waals surface area contributed by atoms with Crippen molar-refractivity contribution in [3.63, 3.8) is 0 Å². The summed E-state index contributed by atoms with van der Waals surface area (Å²) in [5.74, 6) is -0.518. The molecule has 6 nitrogen and oxygen atoms in total. The molecule has 0 aliphatic carbocycles. The molecule has 2 atom stereocenters. The molecule has 2 N–H and O–H groups in total. The highest BCUT2D eigenvalue weighted by molar-refractivity contribution is 5.90. The number of benzene rings is 1. The van der Waals surface area contributed by atoms with Crippen molar-refractivity contribution in [1.82, 2.24) is 15.6 Å². The van der Waals surface area contributed by atoms with Crippen molar-refractivity contribution in [2.45, 2.75) is 31.4 Å². The van der Waals surface area contributed by atoms with E-state index < -0.39 is 11.9 Å². The molecule has 0 bridgehead atoms. The number of amides is 2. The lowest BCUT2D eigenvalue weighted by molar-refractivity contribution is -0.126. The number of fused-ring (bicyclic) bond motifs is 1. The summed E-state index contributed by atoms with van der Waals surface area (Å²) in [5, 5.41) is 5.40. The zero-order chi connectivity index (χ0) is 18.1. The van der Waals surface area contributed by atoms with Gasteiger partial charge in [0.1, 0.15) is 12.1 Å². The first-order valence-electron chi connectivity index (χ1n) is 8.56. The number of nitrogens with zero attached hydrogens (tertiary/aromatic N) is 1. The lowest BCUT2D eigenvalue weighted by Gasteiger charge is -2.14. The zero-order valence-corrected chi connectivity index (χ0v) is 14.0. The van der Waals surface area contributed by atoms with Gasteiger partial charge in [0.25, 0.3) is 0 Å². The number of ether oxygens (including phenoxy) is 1. The van der Waals surface area contributed by atoms with E-state index in [1.54, 1.807) is 18.5 Å². The average Bonchev–Trinajstić information content (AvgIpc) is 3.27. The molecule has 2 aromatic rings. The largest absolute Gasteiger partial charge is 0.485 e. The van der Waals surface area contributed by atoms with Crippen molar-refractivity contribution in [2.75, 3.05) is 6.54 Å². The van der Waals surface area contributed by atoms with Crippen molar-refractivity contribution in [3.8, 4) is 16.9 Å². The maximum Gasteiger partial charge on any atom is 0.242 e. The van der Waals surface area contributed by atoms with Gasteiger partial charge in [-0.2, -0.15) is 0 Å². The molecule has 0 spiro atoms. The number of rotatable bonds is 4. The topological polar surface area (TPSA) is 80.3 Å². The van der Waals surface area contributed by atoms with Crippen LogP contribution in [0.4, 0.5) is 4.39 Å². The molecule has 1 saturated heterocycles. The first-order chi connectivity index (χ1) is 12.6. The Kier molecular flexibility index (Phi) is 4.28. The first kappa shape index (κ1) is 16.5. The number of nitrogens with one attached hydrogen (secondary N) is 2. The summed E-state index contributed by atoms with van der Waals surface area (Å²) in [5.41, 5.74) is 2.36. The molecular weight excluding hydrogens is 337 g/mol. The standard InChI is InChI=1S/C19H18FN3O3/c20-15-8-12(11-2-1-5-21-9-11)6-13-7-14(26-18(13)15)10-22-19(25)16-3-4-17(24)23-16/h1-2,5-6,8-9,14,16H,3-4,7,10H2,(H,22,25)(H,23,24)/t14?,16-/m0/s1. The van der Waals surface area contributed by atoms with Crippen molar-refractivity contribution < 1.29 is 18.7 Å². The fourth-order valence-electron chi connectivity index (χ4n) is 3.35. The Morgan fingerprint density at radius 1 is 1.38 bits per heavy atom. The van der Waals surface area contributed by atoms with Gasteiger partial charge in [0.15, 0.2) is 11.6 Å². The van der Waals surface area contributed by atoms with Gasteiger partial charge < -0.3 is 15.4 Å². The SMILES string of the molecule is O=C1CC[C@@H](C(=O)NCC2Cc3cc(-c4cccnc4)cc(F)c3O2)N1. The summed E-state index contributed by atoms with van der Waals surface area (Å²) in [6, 6.07) is 6.52. The van der Waals surface area contributed by atoms with Crippen LogP contribution in [0.2, 0.25) is 0 Å². The van der Waals surface area contributed by atoms with Gasteiger partial charge in [0.2, 0.25) is 11.8 Å². The second-order valence-corrected chi connectivity index (χ2v) is 6.54. The summed E-state index contributed by atoms with van der Waals surface area (Å²) in [6.07, 6.45) is 4.40. The number of hydrogen-bond donors (Lipinski definition) is 2. The third-order valence-electron chi connectivity index (χ3n) is 4.66. The summed E-state index contributed by atoms with van der Waals surface area (Å²) in [6.45, 7) is 0.265. The molecule has 1 aromatic heterocycles. The van der Waals surface area contributed by atoms with E-state index >= 15 is 0 Å². The Labute approximate surface area is 149 Å². The number of pyridine rings is 1. The molecule has 2 amide bonds. The fraction of sp³-hybridized carbons (Fsp3) is 0.316. The van der Waals surface area contributed by atoms with E-state index in [0.717, 1.165) is 16.7 Å². The molecule has 2 aliphatic rings. The normalized spacial score (nSPS) is 21.0. The van der Waals surface area contributed by atoms with E-state index in [0.29, 0.717) is 19.3 Å². The number of carbonyl (C=O) groups is 2. The van der Waals surface area contributed by atoms with Crippen molar-refractivity contribution in [2.24, 2.45) is 0 Å². The van der Waals surface area contributed by atoms with Crippen molar-refractivity contribution in [1.29, 1.82) is 0 Å². The molecule has 0 saturated carbocycles. The quantitative estimate of drug-likeness (QED) is 0.873. The van der Waals surface area contributed by atoms with E-state index in [4.69, 9.17) is 4.74 Å². The van der Waals surface area contributed by atoms with E-state index in [1.165, 1.54) is 6.07 Å². The van der Waals surface area contributed by atoms with Gasteiger partial charge in [-0.3, -0.25) is 14.6 Å². The monoisotopic (exact) mass is 355 g/mol. The molecule has 2 aliphatic heterocycles. The highest BCUT2D eigenvalue weighted by Crippen LogP contribution is 2.35. The molecule has 1 aromatic carbocycles. The Hall–Kier alpha value is -2.96. The predicted molar refractivity (Wildman–Crippen MR) is 91.9 cm³/mol. The van der Waals surface area contributed by atoms with Crippen LogP contribution in [0, 0.1) is 5.82 Å². The van der Waals surface area contributed by atoms with Crippen molar-refractivity contribution >= 4 is 11.8 Å². The fourth-order valence-corrected chi connectivity index (χ4v) is 3.35. The van der Waals surface area contributed by atoms with Gasteiger partial charge in [-0.25, -0.2) is 4.39 Å². The van der Waals surface area contributed by atoms with Crippen LogP contribution < -0.4 is 15.4 Å². The molecule has 26 heavy (non-hydrogen) atoms. The summed E-state index contributed by atoms with van der Waals surface area (Å²) in [7, 11) is 0. The van der Waals surface area contributed by atoms with Gasteiger partial charge in [0, 0.05) is 36.4 Å². The van der Waals surface area contributed by atoms with Crippen LogP contribution in [-0.2, 0) is 16.0 Å². The number of aromatic nitrogens is 1. The molecule has 7 heteroatoms. The molecule has 3 heterocycles. The number of hydrogen-bond acceptors (Lipinski definition) is 4. The Morgan fingerprint density at radius 3 is 3.00 bits per heavy atom. The van der Waals surface area contributed by atoms with Crippen LogP contribution in [0.15, 0.2) is 36.7 Å². The van der Waals surface area contributed by atoms with Gasteiger partial charge >= 0.3 is 0 Å². The number of halogens is 1. The van der Waals surface area contributed by atoms with E-state index in [-0.39, 0.29) is 30.2 Å². The Balaban J connectivity index is 1.41. The van der Waals surface area contributed by atoms with E-state index in [9.17, 15) is 14.0 Å². The van der Waals surface area contributed by atoms with Gasteiger partial charge in [-0.05, 0) is 30.2 Å². The minimum Gasteiger partial charge on any atom is -0.485 e. The van der Waals surface area contributed by atoms with E-state index in [2.05, 4.69) is 15.6 Å². The van der Waals surface area contributed by atoms with Crippen LogP contribution in [0.25, 0.3) is 11.1 Å². The maximum absolute atomic E-state index is 14.4. The molecule has 0 radical (unpaired) electrons. The maximum atomic E-state index is 14.4. The van der Waals surface area contributed by atoms with E-state index in [1.807, 2.05) is 12.1 Å². The van der Waals surface area contributed by atoms with Crippen LogP contribution >= 0.6 is 0 Å². The Bertz CT molecular complexity index is 857. The molecule has 134 valence electrons.